The molecule has 8 heteroatoms. The molecule has 2 aromatic rings. The zero-order valence-corrected chi connectivity index (χ0v) is 19.6. The average Bonchev–Trinajstić information content (AvgIpc) is 2.72. The van der Waals surface area contributed by atoms with Gasteiger partial charge in [-0.15, -0.1) is 0 Å². The van der Waals surface area contributed by atoms with E-state index in [1.807, 2.05) is 18.2 Å². The van der Waals surface area contributed by atoms with Gasteiger partial charge in [-0.1, -0.05) is 36.2 Å². The average molecular weight is 464 g/mol. The number of ether oxygens (including phenoxy) is 1. The summed E-state index contributed by atoms with van der Waals surface area (Å²) in [7, 11) is -0.447. The van der Waals surface area contributed by atoms with Crippen LogP contribution in [0.25, 0.3) is 0 Å². The van der Waals surface area contributed by atoms with Crippen LogP contribution < -0.4 is 14.8 Å². The van der Waals surface area contributed by atoms with Crippen LogP contribution in [-0.2, 0) is 22.0 Å². The van der Waals surface area contributed by atoms with Crippen molar-refractivity contribution in [3.63, 3.8) is 0 Å². The topological polar surface area (TPSA) is 70.7 Å². The van der Waals surface area contributed by atoms with E-state index >= 15 is 0 Å². The van der Waals surface area contributed by atoms with Crippen LogP contribution in [0.4, 0.5) is 0 Å². The van der Waals surface area contributed by atoms with Crippen LogP contribution in [0.5, 0.6) is 5.75 Å². The molecule has 1 unspecified atom stereocenters. The maximum atomic E-state index is 11.8. The molecule has 0 amide bonds. The Kier molecular flexibility index (Phi) is 6.60. The highest BCUT2D eigenvalue weighted by molar-refractivity contribution is 7.87. The summed E-state index contributed by atoms with van der Waals surface area (Å²) in [5.41, 5.74) is 4.04. The largest absolute Gasteiger partial charge is 0.492 e. The first-order valence-corrected chi connectivity index (χ1v) is 12.6. The van der Waals surface area contributed by atoms with E-state index in [1.165, 1.54) is 37.2 Å². The highest BCUT2D eigenvalue weighted by Crippen LogP contribution is 2.53. The predicted molar refractivity (Wildman–Crippen MR) is 124 cm³/mol. The molecule has 1 saturated carbocycles. The second-order valence-corrected chi connectivity index (χ2v) is 11.0. The Balaban J connectivity index is 1.52. The number of rotatable bonds is 8. The van der Waals surface area contributed by atoms with E-state index in [1.54, 1.807) is 0 Å². The van der Waals surface area contributed by atoms with Gasteiger partial charge in [0.1, 0.15) is 12.4 Å². The van der Waals surface area contributed by atoms with Crippen molar-refractivity contribution >= 4 is 21.8 Å². The van der Waals surface area contributed by atoms with Gasteiger partial charge < -0.3 is 10.1 Å². The van der Waals surface area contributed by atoms with Crippen LogP contribution in [0, 0.1) is 0 Å². The first-order chi connectivity index (χ1) is 14.8. The van der Waals surface area contributed by atoms with E-state index in [9.17, 15) is 8.42 Å². The van der Waals surface area contributed by atoms with Gasteiger partial charge in [0.25, 0.3) is 10.2 Å². The quantitative estimate of drug-likeness (QED) is 0.588. The minimum absolute atomic E-state index is 0.0692. The van der Waals surface area contributed by atoms with Gasteiger partial charge >= 0.3 is 0 Å². The van der Waals surface area contributed by atoms with Gasteiger partial charge in [0.2, 0.25) is 0 Å². The van der Waals surface area contributed by atoms with E-state index in [0.29, 0.717) is 0 Å². The lowest BCUT2D eigenvalue weighted by Gasteiger charge is -2.50. The summed E-state index contributed by atoms with van der Waals surface area (Å²) >= 11 is 6.14. The van der Waals surface area contributed by atoms with Crippen molar-refractivity contribution in [1.29, 1.82) is 0 Å². The monoisotopic (exact) mass is 463 g/mol. The molecule has 2 aromatic carbocycles. The van der Waals surface area contributed by atoms with Gasteiger partial charge in [-0.05, 0) is 66.8 Å². The Labute approximate surface area is 190 Å². The molecule has 1 atom stereocenters. The van der Waals surface area contributed by atoms with E-state index in [0.717, 1.165) is 40.9 Å². The van der Waals surface area contributed by atoms with Crippen LogP contribution in [-0.4, -0.2) is 46.5 Å². The molecular formula is C23H30ClN3O3S. The first kappa shape index (κ1) is 22.6. The summed E-state index contributed by atoms with van der Waals surface area (Å²) in [6.45, 7) is 1.44. The third-order valence-corrected chi connectivity index (χ3v) is 8.31. The summed E-state index contributed by atoms with van der Waals surface area (Å²) in [5, 5.41) is 4.53. The highest BCUT2D eigenvalue weighted by Gasteiger charge is 2.47. The number of nitrogens with one attached hydrogen (secondary N) is 2. The van der Waals surface area contributed by atoms with Crippen molar-refractivity contribution in [3.05, 3.63) is 64.2 Å². The maximum Gasteiger partial charge on any atom is 0.279 e. The highest BCUT2D eigenvalue weighted by atomic mass is 35.5. The molecule has 0 spiro atoms. The molecule has 1 fully saturated rings. The predicted octanol–water partition coefficient (Wildman–Crippen LogP) is 3.42. The van der Waals surface area contributed by atoms with Crippen molar-refractivity contribution in [2.24, 2.45) is 0 Å². The van der Waals surface area contributed by atoms with Gasteiger partial charge in [0.05, 0.1) is 0 Å². The molecule has 2 N–H and O–H groups in total. The molecular weight excluding hydrogens is 434 g/mol. The lowest BCUT2D eigenvalue weighted by atomic mass is 9.58. The number of hydrogen-bond acceptors (Lipinski definition) is 4. The second-order valence-electron chi connectivity index (χ2n) is 8.54. The van der Waals surface area contributed by atoms with Gasteiger partial charge in [-0.3, -0.25) is 0 Å². The third-order valence-electron chi connectivity index (χ3n) is 6.52. The van der Waals surface area contributed by atoms with Crippen molar-refractivity contribution in [2.75, 3.05) is 33.8 Å². The van der Waals surface area contributed by atoms with E-state index < -0.39 is 10.2 Å². The molecule has 0 radical (unpaired) electrons. The fraction of sp³-hybridized carbons (Fsp3) is 0.478. The number of halogens is 1. The van der Waals surface area contributed by atoms with Gasteiger partial charge in [0, 0.05) is 37.1 Å². The standard InChI is InChI=1S/C23H30ClN3O3S/c1-27(2)31(28,29)26-14-15-30-20-9-4-17-10-13-25-22(21(17)16-20)23(11-3-12-23)18-5-7-19(24)8-6-18/h4-9,16,22,25-26H,3,10-15H2,1-2H3. The Morgan fingerprint density at radius 3 is 2.58 bits per heavy atom. The molecule has 0 saturated heterocycles. The van der Waals surface area contributed by atoms with Gasteiger partial charge in [-0.25, -0.2) is 0 Å². The molecule has 1 aliphatic heterocycles. The second kappa shape index (κ2) is 9.08. The molecule has 0 bridgehead atoms. The Morgan fingerprint density at radius 2 is 1.94 bits per heavy atom. The Hall–Kier alpha value is -1.64. The van der Waals surface area contributed by atoms with Crippen LogP contribution >= 0.6 is 11.6 Å². The van der Waals surface area contributed by atoms with Crippen LogP contribution in [0.1, 0.15) is 42.0 Å². The maximum absolute atomic E-state index is 11.8. The van der Waals surface area contributed by atoms with Crippen molar-refractivity contribution < 1.29 is 13.2 Å². The SMILES string of the molecule is CN(C)S(=O)(=O)NCCOc1ccc2c(c1)C(C1(c3ccc(Cl)cc3)CCC1)NCC2. The molecule has 168 valence electrons. The normalized spacial score (nSPS) is 20.2. The lowest BCUT2D eigenvalue weighted by molar-refractivity contribution is 0.164. The van der Waals surface area contributed by atoms with Crippen molar-refractivity contribution in [1.82, 2.24) is 14.3 Å². The summed E-state index contributed by atoms with van der Waals surface area (Å²) in [4.78, 5) is 0. The van der Waals surface area contributed by atoms with Gasteiger partial charge in [-0.2, -0.15) is 17.4 Å². The lowest BCUT2D eigenvalue weighted by Crippen LogP contribution is -2.49. The summed E-state index contributed by atoms with van der Waals surface area (Å²) in [6.07, 6.45) is 4.50. The minimum Gasteiger partial charge on any atom is -0.492 e. The Bertz CT molecular complexity index is 1020. The van der Waals surface area contributed by atoms with Crippen LogP contribution in [0.2, 0.25) is 5.02 Å². The van der Waals surface area contributed by atoms with E-state index in [4.69, 9.17) is 16.3 Å². The van der Waals surface area contributed by atoms with Crippen molar-refractivity contribution in [3.8, 4) is 5.75 Å². The smallest absolute Gasteiger partial charge is 0.279 e. The molecule has 2 aliphatic rings. The summed E-state index contributed by atoms with van der Waals surface area (Å²) in [5.74, 6) is 0.766. The summed E-state index contributed by atoms with van der Waals surface area (Å²) in [6, 6.07) is 14.8. The molecule has 31 heavy (non-hydrogen) atoms. The fourth-order valence-electron chi connectivity index (χ4n) is 4.67. The Morgan fingerprint density at radius 1 is 1.19 bits per heavy atom. The molecule has 1 aliphatic carbocycles. The van der Waals surface area contributed by atoms with Crippen molar-refractivity contribution in [2.45, 2.75) is 37.1 Å². The van der Waals surface area contributed by atoms with Gasteiger partial charge in [0.15, 0.2) is 0 Å². The molecule has 0 aromatic heterocycles. The zero-order valence-electron chi connectivity index (χ0n) is 18.0. The third kappa shape index (κ3) is 4.61. The molecule has 4 rings (SSSR count). The molecule has 1 heterocycles. The summed E-state index contributed by atoms with van der Waals surface area (Å²) < 4.78 is 33.2. The fourth-order valence-corrected chi connectivity index (χ4v) is 5.39. The minimum atomic E-state index is -3.44. The van der Waals surface area contributed by atoms with Crippen LogP contribution in [0.15, 0.2) is 42.5 Å². The first-order valence-electron chi connectivity index (χ1n) is 10.7. The van der Waals surface area contributed by atoms with E-state index in [2.05, 4.69) is 34.3 Å². The number of fused-ring (bicyclic) bond motifs is 1. The number of nitrogens with zero attached hydrogens (tertiary/aromatic N) is 1. The number of hydrogen-bond donors (Lipinski definition) is 2. The number of benzene rings is 2. The molecule has 6 nitrogen and oxygen atoms in total. The zero-order chi connectivity index (χ0) is 22.1. The van der Waals surface area contributed by atoms with E-state index in [-0.39, 0.29) is 24.6 Å². The van der Waals surface area contributed by atoms with Crippen LogP contribution in [0.3, 0.4) is 0 Å².